The minimum atomic E-state index is -0.129. The zero-order valence-corrected chi connectivity index (χ0v) is 8.14. The maximum Gasteiger partial charge on any atom is 0.325 e. The van der Waals surface area contributed by atoms with Crippen LogP contribution in [0, 0.1) is 0 Å². The topological polar surface area (TPSA) is 32.3 Å². The molecule has 0 fully saturated rings. The lowest BCUT2D eigenvalue weighted by Gasteiger charge is -2.21. The molecule has 2 amide bonds. The Balaban J connectivity index is 0.000000561. The fraction of sp³-hybridized carbons (Fsp3) is 0.444. The zero-order chi connectivity index (χ0) is 9.72. The van der Waals surface area contributed by atoms with Crippen LogP contribution in [-0.4, -0.2) is 18.0 Å². The fourth-order valence-corrected chi connectivity index (χ4v) is 0.743. The SMILES string of the molecule is C=C1NC(=O)N(C)C=C1C.CC. The van der Waals surface area contributed by atoms with Gasteiger partial charge < -0.3 is 10.2 Å². The molecule has 1 aliphatic heterocycles. The molecule has 12 heavy (non-hydrogen) atoms. The van der Waals surface area contributed by atoms with Gasteiger partial charge in [0.05, 0.1) is 0 Å². The Bertz CT molecular complexity index is 219. The highest BCUT2D eigenvalue weighted by Gasteiger charge is 2.13. The molecule has 0 aromatic heterocycles. The number of nitrogens with one attached hydrogen (secondary N) is 1. The molecule has 68 valence electrons. The van der Waals surface area contributed by atoms with E-state index in [0.717, 1.165) is 5.57 Å². The van der Waals surface area contributed by atoms with Crippen molar-refractivity contribution in [1.82, 2.24) is 10.2 Å². The Kier molecular flexibility index (Phi) is 4.11. The van der Waals surface area contributed by atoms with E-state index in [1.165, 1.54) is 4.90 Å². The predicted molar refractivity (Wildman–Crippen MR) is 50.5 cm³/mol. The second kappa shape index (κ2) is 4.59. The Labute approximate surface area is 73.8 Å². The molecule has 0 unspecified atom stereocenters. The predicted octanol–water partition coefficient (Wildman–Crippen LogP) is 2.09. The Hall–Kier alpha value is -1.25. The highest BCUT2D eigenvalue weighted by molar-refractivity contribution is 5.79. The van der Waals surface area contributed by atoms with Gasteiger partial charge in [0, 0.05) is 18.9 Å². The summed E-state index contributed by atoms with van der Waals surface area (Å²) >= 11 is 0. The summed E-state index contributed by atoms with van der Waals surface area (Å²) in [6, 6.07) is -0.129. The third kappa shape index (κ3) is 2.42. The highest BCUT2D eigenvalue weighted by atomic mass is 16.2. The van der Waals surface area contributed by atoms with E-state index in [9.17, 15) is 4.79 Å². The molecule has 0 bridgehead atoms. The van der Waals surface area contributed by atoms with Crippen molar-refractivity contribution in [2.75, 3.05) is 7.05 Å². The third-order valence-electron chi connectivity index (χ3n) is 1.44. The minimum absolute atomic E-state index is 0.129. The first-order valence-electron chi connectivity index (χ1n) is 4.03. The van der Waals surface area contributed by atoms with Crippen LogP contribution in [0.4, 0.5) is 4.79 Å². The molecule has 1 rings (SSSR count). The van der Waals surface area contributed by atoms with Gasteiger partial charge in [0.15, 0.2) is 0 Å². The molecule has 0 aromatic rings. The first-order chi connectivity index (χ1) is 5.61. The van der Waals surface area contributed by atoms with Crippen LogP contribution < -0.4 is 5.32 Å². The van der Waals surface area contributed by atoms with Gasteiger partial charge in [0.1, 0.15) is 0 Å². The summed E-state index contributed by atoms with van der Waals surface area (Å²) in [5.74, 6) is 0. The molecule has 0 radical (unpaired) electrons. The van der Waals surface area contributed by atoms with Crippen molar-refractivity contribution < 1.29 is 4.79 Å². The smallest absolute Gasteiger partial charge is 0.308 e. The lowest BCUT2D eigenvalue weighted by Crippen LogP contribution is -2.37. The van der Waals surface area contributed by atoms with E-state index in [-0.39, 0.29) is 6.03 Å². The maximum absolute atomic E-state index is 10.9. The Morgan fingerprint density at radius 3 is 2.42 bits per heavy atom. The molecule has 0 saturated heterocycles. The molecule has 3 heteroatoms. The van der Waals surface area contributed by atoms with Crippen molar-refractivity contribution in [2.24, 2.45) is 0 Å². The van der Waals surface area contributed by atoms with Crippen molar-refractivity contribution in [3.05, 3.63) is 24.0 Å². The van der Waals surface area contributed by atoms with Crippen LogP contribution in [-0.2, 0) is 0 Å². The Morgan fingerprint density at radius 1 is 1.50 bits per heavy atom. The number of hydrogen-bond acceptors (Lipinski definition) is 1. The van der Waals surface area contributed by atoms with Crippen LogP contribution >= 0.6 is 0 Å². The Morgan fingerprint density at radius 2 is 2.00 bits per heavy atom. The van der Waals surface area contributed by atoms with E-state index in [4.69, 9.17) is 0 Å². The molecule has 0 saturated carbocycles. The van der Waals surface area contributed by atoms with Crippen LogP contribution in [0.5, 0.6) is 0 Å². The van der Waals surface area contributed by atoms with Crippen molar-refractivity contribution in [2.45, 2.75) is 20.8 Å². The van der Waals surface area contributed by atoms with E-state index in [1.807, 2.05) is 20.8 Å². The first-order valence-corrected chi connectivity index (χ1v) is 4.03. The number of nitrogens with zero attached hydrogens (tertiary/aromatic N) is 1. The summed E-state index contributed by atoms with van der Waals surface area (Å²) in [5.41, 5.74) is 1.67. The average Bonchev–Trinajstić information content (AvgIpc) is 2.05. The fourth-order valence-electron chi connectivity index (χ4n) is 0.743. The van der Waals surface area contributed by atoms with Gasteiger partial charge in [0.2, 0.25) is 0 Å². The van der Waals surface area contributed by atoms with Crippen LogP contribution in [0.2, 0.25) is 0 Å². The van der Waals surface area contributed by atoms with E-state index >= 15 is 0 Å². The van der Waals surface area contributed by atoms with Crippen molar-refractivity contribution in [3.63, 3.8) is 0 Å². The van der Waals surface area contributed by atoms with Crippen LogP contribution in [0.3, 0.4) is 0 Å². The summed E-state index contributed by atoms with van der Waals surface area (Å²) in [5, 5.41) is 2.60. The van der Waals surface area contributed by atoms with E-state index in [2.05, 4.69) is 11.9 Å². The van der Waals surface area contributed by atoms with E-state index in [1.54, 1.807) is 13.2 Å². The van der Waals surface area contributed by atoms with Gasteiger partial charge in [-0.15, -0.1) is 0 Å². The van der Waals surface area contributed by atoms with E-state index in [0.29, 0.717) is 5.70 Å². The standard InChI is InChI=1S/C7H10N2O.C2H6/c1-5-4-9(3)7(10)8-6(5)2;1-2/h4H,2H2,1,3H3,(H,8,10);1-2H3. The highest BCUT2D eigenvalue weighted by Crippen LogP contribution is 2.09. The lowest BCUT2D eigenvalue weighted by atomic mass is 10.2. The zero-order valence-electron chi connectivity index (χ0n) is 8.14. The molecule has 0 spiro atoms. The van der Waals surface area contributed by atoms with Crippen molar-refractivity contribution in [1.29, 1.82) is 0 Å². The van der Waals surface area contributed by atoms with Crippen LogP contribution in [0.15, 0.2) is 24.0 Å². The van der Waals surface area contributed by atoms with Crippen LogP contribution in [0.1, 0.15) is 20.8 Å². The third-order valence-corrected chi connectivity index (χ3v) is 1.44. The number of allylic oxidation sites excluding steroid dienone is 1. The summed E-state index contributed by atoms with van der Waals surface area (Å²) in [4.78, 5) is 12.3. The number of carbonyl (C=O) groups is 1. The second-order valence-corrected chi connectivity index (χ2v) is 2.33. The van der Waals surface area contributed by atoms with Gasteiger partial charge in [0.25, 0.3) is 0 Å². The molecule has 1 heterocycles. The number of urea groups is 1. The van der Waals surface area contributed by atoms with Gasteiger partial charge in [-0.3, -0.25) is 0 Å². The number of carbonyl (C=O) groups excluding carboxylic acids is 1. The summed E-state index contributed by atoms with van der Waals surface area (Å²) in [7, 11) is 1.70. The number of rotatable bonds is 0. The van der Waals surface area contributed by atoms with Gasteiger partial charge in [-0.05, 0) is 12.5 Å². The van der Waals surface area contributed by atoms with Gasteiger partial charge >= 0.3 is 6.03 Å². The summed E-state index contributed by atoms with van der Waals surface area (Å²) < 4.78 is 0. The van der Waals surface area contributed by atoms with Crippen molar-refractivity contribution >= 4 is 6.03 Å². The second-order valence-electron chi connectivity index (χ2n) is 2.33. The lowest BCUT2D eigenvalue weighted by molar-refractivity contribution is 0.223. The van der Waals surface area contributed by atoms with Gasteiger partial charge in [-0.2, -0.15) is 0 Å². The molecule has 0 aromatic carbocycles. The first kappa shape index (κ1) is 10.8. The summed E-state index contributed by atoms with van der Waals surface area (Å²) in [6.45, 7) is 9.55. The molecule has 0 atom stereocenters. The monoisotopic (exact) mass is 168 g/mol. The normalized spacial score (nSPS) is 16.0. The largest absolute Gasteiger partial charge is 0.325 e. The summed E-state index contributed by atoms with van der Waals surface area (Å²) in [6.07, 6.45) is 1.75. The molecule has 0 aliphatic carbocycles. The number of amides is 2. The van der Waals surface area contributed by atoms with Gasteiger partial charge in [-0.25, -0.2) is 4.79 Å². The molecule has 1 N–H and O–H groups in total. The molecular weight excluding hydrogens is 152 g/mol. The maximum atomic E-state index is 10.9. The van der Waals surface area contributed by atoms with Gasteiger partial charge in [-0.1, -0.05) is 20.4 Å². The minimum Gasteiger partial charge on any atom is -0.308 e. The molecule has 3 nitrogen and oxygen atoms in total. The van der Waals surface area contributed by atoms with E-state index < -0.39 is 0 Å². The molecular formula is C9H16N2O. The van der Waals surface area contributed by atoms with Crippen molar-refractivity contribution in [3.8, 4) is 0 Å². The number of hydrogen-bond donors (Lipinski definition) is 1. The quantitative estimate of drug-likeness (QED) is 0.590. The molecule has 1 aliphatic rings. The van der Waals surface area contributed by atoms with Crippen LogP contribution in [0.25, 0.3) is 0 Å². The average molecular weight is 168 g/mol.